The van der Waals surface area contributed by atoms with Gasteiger partial charge in [0.2, 0.25) is 0 Å². The van der Waals surface area contributed by atoms with Gasteiger partial charge in [-0.05, 0) is 41.7 Å². The van der Waals surface area contributed by atoms with Gasteiger partial charge in [0.25, 0.3) is 0 Å². The molecule has 0 bridgehead atoms. The number of aromatic nitrogens is 3. The predicted octanol–water partition coefficient (Wildman–Crippen LogP) is 3.53. The Kier molecular flexibility index (Phi) is 4.68. The third-order valence-electron chi connectivity index (χ3n) is 4.33. The molecule has 0 atom stereocenters. The summed E-state index contributed by atoms with van der Waals surface area (Å²) in [5, 5.41) is 19.6. The van der Waals surface area contributed by atoms with Crippen molar-refractivity contribution in [3.63, 3.8) is 0 Å². The van der Waals surface area contributed by atoms with Gasteiger partial charge < -0.3 is 9.84 Å². The first-order valence-corrected chi connectivity index (χ1v) is 8.56. The van der Waals surface area contributed by atoms with Gasteiger partial charge in [-0.3, -0.25) is 4.79 Å². The zero-order chi connectivity index (χ0) is 18.9. The van der Waals surface area contributed by atoms with E-state index in [9.17, 15) is 9.90 Å². The first-order chi connectivity index (χ1) is 12.3. The number of nitrogens with zero attached hydrogens (tertiary/aromatic N) is 3. The lowest BCUT2D eigenvalue weighted by atomic mass is 9.81. The van der Waals surface area contributed by atoms with Crippen LogP contribution in [-0.4, -0.2) is 33.2 Å². The van der Waals surface area contributed by atoms with Gasteiger partial charge in [0.15, 0.2) is 0 Å². The van der Waals surface area contributed by atoms with Crippen LogP contribution < -0.4 is 0 Å². The minimum atomic E-state index is -0.307. The summed E-state index contributed by atoms with van der Waals surface area (Å²) >= 11 is 0. The van der Waals surface area contributed by atoms with Gasteiger partial charge in [-0.2, -0.15) is 4.80 Å². The van der Waals surface area contributed by atoms with Gasteiger partial charge >= 0.3 is 5.97 Å². The summed E-state index contributed by atoms with van der Waals surface area (Å²) in [6.07, 6.45) is 0.651. The molecule has 1 aromatic heterocycles. The molecule has 0 amide bonds. The molecule has 0 radical (unpaired) electrons. The summed E-state index contributed by atoms with van der Waals surface area (Å²) in [6.45, 7) is 6.08. The van der Waals surface area contributed by atoms with Crippen molar-refractivity contribution in [1.82, 2.24) is 15.0 Å². The van der Waals surface area contributed by atoms with E-state index in [-0.39, 0.29) is 23.6 Å². The maximum absolute atomic E-state index is 11.7. The molecule has 6 heteroatoms. The van der Waals surface area contributed by atoms with Crippen molar-refractivity contribution in [3.8, 4) is 11.4 Å². The fourth-order valence-corrected chi connectivity index (χ4v) is 3.20. The second-order valence-corrected chi connectivity index (χ2v) is 7.26. The van der Waals surface area contributed by atoms with E-state index in [1.165, 1.54) is 7.11 Å². The number of methoxy groups -OCH3 is 1. The lowest BCUT2D eigenvalue weighted by Crippen LogP contribution is -2.18. The highest BCUT2D eigenvalue weighted by molar-refractivity contribution is 5.74. The number of aromatic hydroxyl groups is 1. The van der Waals surface area contributed by atoms with Crippen LogP contribution in [0.15, 0.2) is 36.4 Å². The molecule has 0 saturated heterocycles. The number of ether oxygens (including phenoxy) is 1. The van der Waals surface area contributed by atoms with E-state index in [0.717, 1.165) is 27.8 Å². The summed E-state index contributed by atoms with van der Waals surface area (Å²) in [7, 11) is 1.37. The van der Waals surface area contributed by atoms with Gasteiger partial charge in [-0.25, -0.2) is 0 Å². The van der Waals surface area contributed by atoms with Crippen LogP contribution in [-0.2, 0) is 21.4 Å². The third-order valence-corrected chi connectivity index (χ3v) is 4.33. The molecule has 0 aliphatic heterocycles. The number of hydrogen-bond donors (Lipinski definition) is 1. The molecule has 0 spiro atoms. The van der Waals surface area contributed by atoms with Crippen LogP contribution in [0.3, 0.4) is 0 Å². The van der Waals surface area contributed by atoms with Crippen molar-refractivity contribution in [1.29, 1.82) is 0 Å². The van der Waals surface area contributed by atoms with E-state index in [1.807, 2.05) is 45.0 Å². The van der Waals surface area contributed by atoms with Gasteiger partial charge in [0.05, 0.1) is 12.8 Å². The van der Waals surface area contributed by atoms with Crippen molar-refractivity contribution in [2.75, 3.05) is 7.11 Å². The molecule has 0 aliphatic carbocycles. The number of rotatable bonds is 4. The first-order valence-electron chi connectivity index (χ1n) is 8.56. The summed E-state index contributed by atoms with van der Waals surface area (Å²) in [5.74, 6) is -0.0874. The number of hydrogen-bond acceptors (Lipinski definition) is 5. The van der Waals surface area contributed by atoms with Crippen molar-refractivity contribution in [2.45, 2.75) is 39.0 Å². The Hall–Kier alpha value is -2.89. The van der Waals surface area contributed by atoms with Crippen molar-refractivity contribution in [3.05, 3.63) is 47.5 Å². The Bertz CT molecular complexity index is 922. The summed E-state index contributed by atoms with van der Waals surface area (Å²) in [6, 6.07) is 11.1. The maximum atomic E-state index is 11.7. The molecular formula is C20H23N3O3. The number of benzene rings is 2. The smallest absolute Gasteiger partial charge is 0.305 e. The van der Waals surface area contributed by atoms with Crippen LogP contribution in [0.5, 0.6) is 5.75 Å². The van der Waals surface area contributed by atoms with E-state index in [2.05, 4.69) is 10.2 Å². The van der Waals surface area contributed by atoms with E-state index in [4.69, 9.17) is 4.74 Å². The number of fused-ring (bicyclic) bond motifs is 1. The fourth-order valence-electron chi connectivity index (χ4n) is 3.20. The van der Waals surface area contributed by atoms with Crippen LogP contribution in [0.2, 0.25) is 0 Å². The van der Waals surface area contributed by atoms with Crippen LogP contribution in [0.25, 0.3) is 16.7 Å². The first kappa shape index (κ1) is 17.9. The molecule has 0 saturated carbocycles. The maximum Gasteiger partial charge on any atom is 0.305 e. The molecule has 136 valence electrons. The Morgan fingerprint density at radius 3 is 2.27 bits per heavy atom. The number of phenols is 1. The molecule has 0 aliphatic rings. The Morgan fingerprint density at radius 2 is 1.73 bits per heavy atom. The fraction of sp³-hybridized carbons (Fsp3) is 0.350. The standard InChI is InChI=1S/C20H23N3O3/c1-20(2,3)19-13(9-12-18(25)26-4)16(10-11-17(19)24)23-21-14-7-5-6-8-15(14)22-23/h5-8,10-11,24H,9,12H2,1-4H3. The van der Waals surface area contributed by atoms with Crippen molar-refractivity contribution >= 4 is 17.0 Å². The summed E-state index contributed by atoms with van der Waals surface area (Å²) < 4.78 is 4.78. The quantitative estimate of drug-likeness (QED) is 0.726. The van der Waals surface area contributed by atoms with Gasteiger partial charge in [0.1, 0.15) is 16.8 Å². The van der Waals surface area contributed by atoms with E-state index in [1.54, 1.807) is 16.9 Å². The highest BCUT2D eigenvalue weighted by Gasteiger charge is 2.26. The highest BCUT2D eigenvalue weighted by Crippen LogP contribution is 2.37. The van der Waals surface area contributed by atoms with E-state index >= 15 is 0 Å². The topological polar surface area (TPSA) is 77.2 Å². The molecule has 1 N–H and O–H groups in total. The van der Waals surface area contributed by atoms with Gasteiger partial charge in [-0.1, -0.05) is 32.9 Å². The summed E-state index contributed by atoms with van der Waals surface area (Å²) in [5.41, 5.74) is 3.67. The van der Waals surface area contributed by atoms with Crippen molar-refractivity contribution in [2.24, 2.45) is 0 Å². The molecule has 3 aromatic rings. The predicted molar refractivity (Wildman–Crippen MR) is 99.6 cm³/mol. The lowest BCUT2D eigenvalue weighted by Gasteiger charge is -2.25. The average Bonchev–Trinajstić information content (AvgIpc) is 3.02. The Balaban J connectivity index is 2.18. The average molecular weight is 353 g/mol. The number of esters is 1. The SMILES string of the molecule is COC(=O)CCc1c(-n2nc3ccccc3n2)ccc(O)c1C(C)(C)C. The largest absolute Gasteiger partial charge is 0.508 e. The number of phenolic OH excluding ortho intramolecular Hbond substituents is 1. The highest BCUT2D eigenvalue weighted by atomic mass is 16.5. The molecule has 6 nitrogen and oxygen atoms in total. The van der Waals surface area contributed by atoms with Crippen LogP contribution in [0, 0.1) is 0 Å². The monoisotopic (exact) mass is 353 g/mol. The van der Waals surface area contributed by atoms with Crippen LogP contribution in [0.1, 0.15) is 38.3 Å². The number of carbonyl (C=O) groups excluding carboxylic acids is 1. The molecular weight excluding hydrogens is 330 g/mol. The second-order valence-electron chi connectivity index (χ2n) is 7.26. The Labute approximate surface area is 152 Å². The summed E-state index contributed by atoms with van der Waals surface area (Å²) in [4.78, 5) is 13.3. The molecule has 3 rings (SSSR count). The zero-order valence-corrected chi connectivity index (χ0v) is 15.5. The molecule has 0 fully saturated rings. The molecule has 26 heavy (non-hydrogen) atoms. The van der Waals surface area contributed by atoms with E-state index < -0.39 is 0 Å². The minimum Gasteiger partial charge on any atom is -0.508 e. The van der Waals surface area contributed by atoms with Crippen molar-refractivity contribution < 1.29 is 14.6 Å². The number of carbonyl (C=O) groups is 1. The van der Waals surface area contributed by atoms with Gasteiger partial charge in [0, 0.05) is 12.0 Å². The van der Waals surface area contributed by atoms with Crippen LogP contribution >= 0.6 is 0 Å². The normalized spacial score (nSPS) is 11.7. The van der Waals surface area contributed by atoms with Crippen LogP contribution in [0.4, 0.5) is 0 Å². The van der Waals surface area contributed by atoms with E-state index in [0.29, 0.717) is 6.42 Å². The zero-order valence-electron chi connectivity index (χ0n) is 15.5. The van der Waals surface area contributed by atoms with Gasteiger partial charge in [-0.15, -0.1) is 10.2 Å². The molecule has 2 aromatic carbocycles. The minimum absolute atomic E-state index is 0.206. The third kappa shape index (κ3) is 3.40. The second kappa shape index (κ2) is 6.78. The molecule has 1 heterocycles. The Morgan fingerprint density at radius 1 is 1.12 bits per heavy atom. The molecule has 0 unspecified atom stereocenters. The lowest BCUT2D eigenvalue weighted by molar-refractivity contribution is -0.140.